The third kappa shape index (κ3) is 7.84. The number of carbonyl (C=O) groups excluding carboxylic acids is 1. The van der Waals surface area contributed by atoms with Gasteiger partial charge >= 0.3 is 6.09 Å². The number of rotatable bonds is 8. The number of hydrogen-bond donors (Lipinski definition) is 3. The number of nitrogens with zero attached hydrogens (tertiary/aromatic N) is 2. The van der Waals surface area contributed by atoms with Gasteiger partial charge in [-0.15, -0.1) is 0 Å². The van der Waals surface area contributed by atoms with E-state index in [2.05, 4.69) is 20.6 Å². The quantitative estimate of drug-likeness (QED) is 0.232. The highest BCUT2D eigenvalue weighted by molar-refractivity contribution is 6.35. The van der Waals surface area contributed by atoms with Gasteiger partial charge in [-0.25, -0.2) is 9.78 Å². The highest BCUT2D eigenvalue weighted by Crippen LogP contribution is 2.34. The molecule has 3 aromatic rings. The number of nitrogens with one attached hydrogen (secondary N) is 3. The number of carbonyl (C=O) groups is 1. The summed E-state index contributed by atoms with van der Waals surface area (Å²) < 4.78 is 17.4. The largest absolute Gasteiger partial charge is 0.486 e. The smallest absolute Gasteiger partial charge is 0.413 e. The fourth-order valence-corrected chi connectivity index (χ4v) is 4.92. The van der Waals surface area contributed by atoms with Gasteiger partial charge in [-0.3, -0.25) is 15.7 Å². The first-order valence-electron chi connectivity index (χ1n) is 13.0. The molecule has 4 rings (SSSR count). The zero-order valence-electron chi connectivity index (χ0n) is 22.9. The molecule has 1 saturated heterocycles. The van der Waals surface area contributed by atoms with E-state index in [-0.39, 0.29) is 17.8 Å². The minimum atomic E-state index is -0.654. The topological polar surface area (TPSA) is 118 Å². The van der Waals surface area contributed by atoms with Gasteiger partial charge in [0, 0.05) is 47.6 Å². The minimum absolute atomic E-state index is 0.165. The summed E-state index contributed by atoms with van der Waals surface area (Å²) in [5.41, 5.74) is 2.01. The van der Waals surface area contributed by atoms with Crippen molar-refractivity contribution in [2.75, 3.05) is 17.2 Å². The lowest BCUT2D eigenvalue weighted by Gasteiger charge is -2.26. The second kappa shape index (κ2) is 12.8. The van der Waals surface area contributed by atoms with Crippen molar-refractivity contribution in [1.82, 2.24) is 9.97 Å². The van der Waals surface area contributed by atoms with Crippen LogP contribution in [-0.4, -0.2) is 40.2 Å². The molecule has 0 radical (unpaired) electrons. The van der Waals surface area contributed by atoms with Crippen LogP contribution in [0.25, 0.3) is 0 Å². The second-order valence-corrected chi connectivity index (χ2v) is 11.2. The summed E-state index contributed by atoms with van der Waals surface area (Å²) in [6.45, 7) is 7.87. The van der Waals surface area contributed by atoms with Crippen LogP contribution in [0.15, 0.2) is 48.9 Å². The van der Waals surface area contributed by atoms with E-state index in [4.69, 9.17) is 42.8 Å². The van der Waals surface area contributed by atoms with Crippen molar-refractivity contribution in [3.63, 3.8) is 0 Å². The molecule has 9 nitrogen and oxygen atoms in total. The lowest BCUT2D eigenvalue weighted by atomic mass is 10.0. The van der Waals surface area contributed by atoms with Crippen LogP contribution in [0.1, 0.15) is 69.8 Å². The number of halogens is 2. The van der Waals surface area contributed by atoms with Gasteiger partial charge in [0.05, 0.1) is 15.8 Å². The maximum Gasteiger partial charge on any atom is 0.413 e. The molecule has 0 saturated carbocycles. The summed E-state index contributed by atoms with van der Waals surface area (Å²) in [5, 5.41) is 16.0. The van der Waals surface area contributed by atoms with Gasteiger partial charge in [-0.2, -0.15) is 0 Å². The summed E-state index contributed by atoms with van der Waals surface area (Å²) >= 11 is 12.7. The maximum atomic E-state index is 12.3. The molecule has 40 heavy (non-hydrogen) atoms. The standard InChI is InChI=1S/C29H33Cl2N5O4/c1-17(26-21(30)15-33-16-22(26)31)39-19-8-9-23(35-25-7-5-6-12-38-25)20(14-19)27(32)18-10-11-34-24(13-18)36-28(37)40-29(2,3)4/h8-11,13-17,25,32,35H,5-7,12H2,1-4H3,(H,34,36,37)/t17-,25?/m1/s1. The number of pyridine rings is 2. The number of anilines is 2. The SMILES string of the molecule is C[C@@H](Oc1ccc(NC2CCCCO2)c(C(=N)c2ccnc(NC(=O)OC(C)(C)C)c2)c1)c1c(Cl)cncc1Cl. The number of aromatic nitrogens is 2. The van der Waals surface area contributed by atoms with Gasteiger partial charge in [0.2, 0.25) is 0 Å². The summed E-state index contributed by atoms with van der Waals surface area (Å²) in [6.07, 6.45) is 6.25. The molecule has 2 atom stereocenters. The zero-order valence-corrected chi connectivity index (χ0v) is 24.4. The van der Waals surface area contributed by atoms with E-state index in [9.17, 15) is 4.79 Å². The number of hydrogen-bond acceptors (Lipinski definition) is 8. The van der Waals surface area contributed by atoms with E-state index >= 15 is 0 Å². The molecule has 1 aliphatic heterocycles. The molecule has 2 aromatic heterocycles. The molecule has 1 amide bonds. The van der Waals surface area contributed by atoms with Gasteiger partial charge in [-0.05, 0) is 77.3 Å². The van der Waals surface area contributed by atoms with Crippen molar-refractivity contribution < 1.29 is 19.0 Å². The van der Waals surface area contributed by atoms with Gasteiger partial charge < -0.3 is 19.5 Å². The monoisotopic (exact) mass is 585 g/mol. The van der Waals surface area contributed by atoms with E-state index in [0.717, 1.165) is 24.9 Å². The van der Waals surface area contributed by atoms with Crippen molar-refractivity contribution in [3.8, 4) is 5.75 Å². The summed E-state index contributed by atoms with van der Waals surface area (Å²) in [6, 6.07) is 8.80. The fraction of sp³-hybridized carbons (Fsp3) is 0.379. The molecular weight excluding hydrogens is 553 g/mol. The Kier molecular flexibility index (Phi) is 9.50. The highest BCUT2D eigenvalue weighted by atomic mass is 35.5. The van der Waals surface area contributed by atoms with Crippen LogP contribution in [0.2, 0.25) is 10.0 Å². The Morgan fingerprint density at radius 1 is 1.15 bits per heavy atom. The van der Waals surface area contributed by atoms with Crippen molar-refractivity contribution in [2.24, 2.45) is 0 Å². The number of amides is 1. The van der Waals surface area contributed by atoms with Gasteiger partial charge in [0.25, 0.3) is 0 Å². The first kappa shape index (κ1) is 29.6. The van der Waals surface area contributed by atoms with Crippen LogP contribution in [0.4, 0.5) is 16.3 Å². The van der Waals surface area contributed by atoms with Crippen LogP contribution in [0.5, 0.6) is 5.75 Å². The van der Waals surface area contributed by atoms with Crippen molar-refractivity contribution in [3.05, 3.63) is 75.7 Å². The Morgan fingerprint density at radius 2 is 1.90 bits per heavy atom. The minimum Gasteiger partial charge on any atom is -0.486 e. The zero-order chi connectivity index (χ0) is 28.9. The molecule has 1 aromatic carbocycles. The molecule has 0 aliphatic carbocycles. The van der Waals surface area contributed by atoms with Gasteiger partial charge in [0.15, 0.2) is 0 Å². The third-order valence-electron chi connectivity index (χ3n) is 6.04. The summed E-state index contributed by atoms with van der Waals surface area (Å²) in [4.78, 5) is 20.5. The van der Waals surface area contributed by atoms with Crippen LogP contribution in [0.3, 0.4) is 0 Å². The molecule has 11 heteroatoms. The summed E-state index contributed by atoms with van der Waals surface area (Å²) in [5.74, 6) is 0.789. The first-order chi connectivity index (χ1) is 19.0. The van der Waals surface area contributed by atoms with E-state index in [1.165, 1.54) is 18.6 Å². The van der Waals surface area contributed by atoms with Gasteiger partial charge in [0.1, 0.15) is 29.5 Å². The molecule has 1 aliphatic rings. The van der Waals surface area contributed by atoms with Gasteiger partial charge in [-0.1, -0.05) is 23.2 Å². The van der Waals surface area contributed by atoms with Crippen molar-refractivity contribution >= 4 is 46.5 Å². The molecule has 1 unspecified atom stereocenters. The van der Waals surface area contributed by atoms with E-state index in [0.29, 0.717) is 39.1 Å². The Labute approximate surface area is 244 Å². The molecule has 212 valence electrons. The molecule has 0 spiro atoms. The second-order valence-electron chi connectivity index (χ2n) is 10.4. The molecule has 1 fully saturated rings. The fourth-order valence-electron chi connectivity index (χ4n) is 4.25. The Balaban J connectivity index is 1.63. The van der Waals surface area contributed by atoms with E-state index in [1.54, 1.807) is 39.0 Å². The van der Waals surface area contributed by atoms with Crippen LogP contribution < -0.4 is 15.4 Å². The van der Waals surface area contributed by atoms with E-state index < -0.39 is 17.8 Å². The molecule has 0 bridgehead atoms. The highest BCUT2D eigenvalue weighted by Gasteiger charge is 2.21. The maximum absolute atomic E-state index is 12.3. The first-order valence-corrected chi connectivity index (χ1v) is 13.8. The molecular formula is C29H33Cl2N5O4. The normalized spacial score (nSPS) is 16.1. The predicted octanol–water partition coefficient (Wildman–Crippen LogP) is 7.63. The third-order valence-corrected chi connectivity index (χ3v) is 6.65. The van der Waals surface area contributed by atoms with Crippen molar-refractivity contribution in [1.29, 1.82) is 5.41 Å². The van der Waals surface area contributed by atoms with Crippen LogP contribution in [-0.2, 0) is 9.47 Å². The van der Waals surface area contributed by atoms with Crippen LogP contribution >= 0.6 is 23.2 Å². The number of ether oxygens (including phenoxy) is 3. The Morgan fingerprint density at radius 3 is 2.58 bits per heavy atom. The Bertz CT molecular complexity index is 1350. The molecule has 3 heterocycles. The van der Waals surface area contributed by atoms with E-state index in [1.807, 2.05) is 19.1 Å². The predicted molar refractivity (Wildman–Crippen MR) is 157 cm³/mol. The van der Waals surface area contributed by atoms with Crippen molar-refractivity contribution in [2.45, 2.75) is 64.9 Å². The lowest BCUT2D eigenvalue weighted by Crippen LogP contribution is -2.28. The molecule has 3 N–H and O–H groups in total. The van der Waals surface area contributed by atoms with Crippen LogP contribution in [0, 0.1) is 5.41 Å². The number of benzene rings is 1. The average Bonchev–Trinajstić information content (AvgIpc) is 2.88. The Hall–Kier alpha value is -3.40. The summed E-state index contributed by atoms with van der Waals surface area (Å²) in [7, 11) is 0. The lowest BCUT2D eigenvalue weighted by molar-refractivity contribution is 0.0343. The average molecular weight is 587 g/mol.